The van der Waals surface area contributed by atoms with Gasteiger partial charge in [-0.15, -0.1) is 0 Å². The standard InChI is InChI=1S/C12H11NO5/c14-11-7-4-9-10(17-6-16-9)5-8(7)18-12-13(11)2-1-3-15-12/h4-5,12H,1-3,6H2. The van der Waals surface area contributed by atoms with Gasteiger partial charge in [-0.2, -0.15) is 0 Å². The molecule has 0 bridgehead atoms. The van der Waals surface area contributed by atoms with Crippen LogP contribution in [0.4, 0.5) is 0 Å². The summed E-state index contributed by atoms with van der Waals surface area (Å²) >= 11 is 0. The van der Waals surface area contributed by atoms with Gasteiger partial charge < -0.3 is 18.9 Å². The summed E-state index contributed by atoms with van der Waals surface area (Å²) in [5.74, 6) is 1.60. The number of hydrogen-bond donors (Lipinski definition) is 0. The van der Waals surface area contributed by atoms with Gasteiger partial charge in [-0.3, -0.25) is 9.69 Å². The quantitative estimate of drug-likeness (QED) is 0.685. The molecule has 1 aromatic rings. The molecule has 3 heterocycles. The SMILES string of the molecule is O=C1c2cc3c(cc2OC2OCCCN12)OCO3. The van der Waals surface area contributed by atoms with Crippen molar-refractivity contribution in [3.8, 4) is 17.2 Å². The molecule has 1 atom stereocenters. The summed E-state index contributed by atoms with van der Waals surface area (Å²) in [5, 5.41) is 0. The molecule has 0 spiro atoms. The molecule has 0 aromatic heterocycles. The highest BCUT2D eigenvalue weighted by molar-refractivity contribution is 5.98. The van der Waals surface area contributed by atoms with Gasteiger partial charge in [-0.1, -0.05) is 0 Å². The third-order valence-corrected chi connectivity index (χ3v) is 3.25. The first-order chi connectivity index (χ1) is 8.83. The molecule has 4 rings (SSSR count). The Balaban J connectivity index is 1.80. The van der Waals surface area contributed by atoms with Gasteiger partial charge in [-0.05, 0) is 6.42 Å². The first kappa shape index (κ1) is 10.0. The average Bonchev–Trinajstić information content (AvgIpc) is 2.84. The lowest BCUT2D eigenvalue weighted by atomic mass is 10.1. The van der Waals surface area contributed by atoms with E-state index in [1.165, 1.54) is 0 Å². The topological polar surface area (TPSA) is 57.2 Å². The summed E-state index contributed by atoms with van der Waals surface area (Å²) in [6.07, 6.45) is 0.213. The van der Waals surface area contributed by atoms with E-state index in [0.717, 1.165) is 6.42 Å². The Morgan fingerprint density at radius 1 is 1.17 bits per heavy atom. The molecular weight excluding hydrogens is 238 g/mol. The summed E-state index contributed by atoms with van der Waals surface area (Å²) < 4.78 is 21.7. The molecule has 1 amide bonds. The van der Waals surface area contributed by atoms with E-state index >= 15 is 0 Å². The van der Waals surface area contributed by atoms with Gasteiger partial charge in [-0.25, -0.2) is 0 Å². The first-order valence-corrected chi connectivity index (χ1v) is 5.86. The van der Waals surface area contributed by atoms with Crippen LogP contribution in [-0.4, -0.2) is 37.2 Å². The van der Waals surface area contributed by atoms with Crippen LogP contribution in [0.5, 0.6) is 17.2 Å². The number of carbonyl (C=O) groups excluding carboxylic acids is 1. The van der Waals surface area contributed by atoms with Crippen molar-refractivity contribution >= 4 is 5.91 Å². The zero-order valence-electron chi connectivity index (χ0n) is 9.55. The van der Waals surface area contributed by atoms with Crippen LogP contribution in [0, 0.1) is 0 Å². The summed E-state index contributed by atoms with van der Waals surface area (Å²) in [6.45, 7) is 1.43. The first-order valence-electron chi connectivity index (χ1n) is 5.86. The molecule has 3 aliphatic rings. The van der Waals surface area contributed by atoms with Crippen molar-refractivity contribution in [2.24, 2.45) is 0 Å². The van der Waals surface area contributed by atoms with Gasteiger partial charge in [0.15, 0.2) is 11.5 Å². The van der Waals surface area contributed by atoms with Crippen molar-refractivity contribution in [3.05, 3.63) is 17.7 Å². The Morgan fingerprint density at radius 2 is 2.00 bits per heavy atom. The number of amides is 1. The van der Waals surface area contributed by atoms with Gasteiger partial charge in [0, 0.05) is 18.7 Å². The van der Waals surface area contributed by atoms with Crippen LogP contribution in [0.3, 0.4) is 0 Å². The Labute approximate surface area is 103 Å². The van der Waals surface area contributed by atoms with Crippen LogP contribution in [-0.2, 0) is 4.74 Å². The van der Waals surface area contributed by atoms with E-state index in [2.05, 4.69) is 0 Å². The van der Waals surface area contributed by atoms with Gasteiger partial charge >= 0.3 is 0 Å². The summed E-state index contributed by atoms with van der Waals surface area (Å²) in [5.41, 5.74) is 0.501. The molecule has 1 unspecified atom stereocenters. The lowest BCUT2D eigenvalue weighted by molar-refractivity contribution is -0.187. The second-order valence-corrected chi connectivity index (χ2v) is 4.35. The lowest BCUT2D eigenvalue weighted by Gasteiger charge is -2.38. The third-order valence-electron chi connectivity index (χ3n) is 3.25. The molecule has 1 fully saturated rings. The molecule has 0 saturated carbocycles. The minimum Gasteiger partial charge on any atom is -0.454 e. The minimum atomic E-state index is -0.612. The molecule has 1 saturated heterocycles. The summed E-state index contributed by atoms with van der Waals surface area (Å²) in [4.78, 5) is 13.9. The molecule has 3 aliphatic heterocycles. The van der Waals surface area contributed by atoms with E-state index in [4.69, 9.17) is 18.9 Å². The summed E-state index contributed by atoms with van der Waals surface area (Å²) in [7, 11) is 0. The number of benzene rings is 1. The number of carbonyl (C=O) groups is 1. The highest BCUT2D eigenvalue weighted by Gasteiger charge is 2.37. The van der Waals surface area contributed by atoms with Gasteiger partial charge in [0.25, 0.3) is 12.3 Å². The molecular formula is C12H11NO5. The fraction of sp³-hybridized carbons (Fsp3) is 0.417. The fourth-order valence-corrected chi connectivity index (χ4v) is 2.36. The van der Waals surface area contributed by atoms with E-state index in [-0.39, 0.29) is 12.7 Å². The second-order valence-electron chi connectivity index (χ2n) is 4.35. The fourth-order valence-electron chi connectivity index (χ4n) is 2.36. The van der Waals surface area contributed by atoms with Crippen molar-refractivity contribution in [2.75, 3.05) is 19.9 Å². The van der Waals surface area contributed by atoms with Gasteiger partial charge in [0.1, 0.15) is 5.75 Å². The largest absolute Gasteiger partial charge is 0.454 e. The van der Waals surface area contributed by atoms with Crippen LogP contribution in [0.1, 0.15) is 16.8 Å². The predicted octanol–water partition coefficient (Wildman–Crippen LogP) is 0.954. The molecule has 6 heteroatoms. The van der Waals surface area contributed by atoms with Crippen molar-refractivity contribution < 1.29 is 23.7 Å². The molecule has 1 aromatic carbocycles. The highest BCUT2D eigenvalue weighted by atomic mass is 16.7. The van der Waals surface area contributed by atoms with Crippen LogP contribution < -0.4 is 14.2 Å². The van der Waals surface area contributed by atoms with Crippen LogP contribution >= 0.6 is 0 Å². The Kier molecular flexibility index (Phi) is 1.96. The number of fused-ring (bicyclic) bond motifs is 3. The van der Waals surface area contributed by atoms with Crippen molar-refractivity contribution in [3.63, 3.8) is 0 Å². The zero-order valence-corrected chi connectivity index (χ0v) is 9.55. The van der Waals surface area contributed by atoms with Gasteiger partial charge in [0.05, 0.1) is 12.2 Å². The average molecular weight is 249 g/mol. The van der Waals surface area contributed by atoms with E-state index in [1.54, 1.807) is 17.0 Å². The molecule has 6 nitrogen and oxygen atoms in total. The van der Waals surface area contributed by atoms with E-state index in [0.29, 0.717) is 36.0 Å². The van der Waals surface area contributed by atoms with Crippen molar-refractivity contribution in [1.82, 2.24) is 4.90 Å². The molecule has 0 N–H and O–H groups in total. The van der Waals surface area contributed by atoms with Gasteiger partial charge in [0.2, 0.25) is 6.79 Å². The minimum absolute atomic E-state index is 0.0840. The monoisotopic (exact) mass is 249 g/mol. The summed E-state index contributed by atoms with van der Waals surface area (Å²) in [6, 6.07) is 3.36. The van der Waals surface area contributed by atoms with E-state index in [9.17, 15) is 4.79 Å². The lowest BCUT2D eigenvalue weighted by Crippen LogP contribution is -2.52. The smallest absolute Gasteiger partial charge is 0.286 e. The number of ether oxygens (including phenoxy) is 4. The van der Waals surface area contributed by atoms with Crippen molar-refractivity contribution in [2.45, 2.75) is 12.8 Å². The van der Waals surface area contributed by atoms with Crippen LogP contribution in [0.25, 0.3) is 0 Å². The van der Waals surface area contributed by atoms with Crippen LogP contribution in [0.15, 0.2) is 12.1 Å². The molecule has 18 heavy (non-hydrogen) atoms. The van der Waals surface area contributed by atoms with Crippen LogP contribution in [0.2, 0.25) is 0 Å². The Hall–Kier alpha value is -1.95. The molecule has 94 valence electrons. The second kappa shape index (κ2) is 3.52. The third kappa shape index (κ3) is 1.29. The molecule has 0 radical (unpaired) electrons. The number of nitrogens with zero attached hydrogens (tertiary/aromatic N) is 1. The predicted molar refractivity (Wildman–Crippen MR) is 58.6 cm³/mol. The maximum atomic E-state index is 12.3. The van der Waals surface area contributed by atoms with Crippen molar-refractivity contribution in [1.29, 1.82) is 0 Å². The maximum absolute atomic E-state index is 12.3. The zero-order chi connectivity index (χ0) is 12.1. The Bertz CT molecular complexity index is 529. The molecule has 0 aliphatic carbocycles. The Morgan fingerprint density at radius 3 is 2.89 bits per heavy atom. The highest BCUT2D eigenvalue weighted by Crippen LogP contribution is 2.41. The number of hydrogen-bond acceptors (Lipinski definition) is 5. The normalized spacial score (nSPS) is 24.3. The number of rotatable bonds is 0. The van der Waals surface area contributed by atoms with E-state index in [1.807, 2.05) is 0 Å². The maximum Gasteiger partial charge on any atom is 0.286 e. The van der Waals surface area contributed by atoms with E-state index < -0.39 is 6.41 Å².